The van der Waals surface area contributed by atoms with Crippen LogP contribution in [0.3, 0.4) is 0 Å². The zero-order valence-corrected chi connectivity index (χ0v) is 6.97. The van der Waals surface area contributed by atoms with Crippen LogP contribution in [0, 0.1) is 23.7 Å². The maximum absolute atomic E-state index is 3.76. The number of alkyl halides is 1. The van der Waals surface area contributed by atoms with Crippen LogP contribution in [0.2, 0.25) is 0 Å². The molecule has 5 unspecified atom stereocenters. The minimum atomic E-state index is 0.909. The minimum absolute atomic E-state index is 0.909. The molecule has 5 atom stereocenters. The second-order valence-electron chi connectivity index (χ2n) is 3.98. The first kappa shape index (κ1) is 5.17. The molecule has 50 valence electrons. The van der Waals surface area contributed by atoms with E-state index in [4.69, 9.17) is 0 Å². The quantitative estimate of drug-likeness (QED) is 0.511. The van der Waals surface area contributed by atoms with Crippen molar-refractivity contribution in [3.05, 3.63) is 0 Å². The van der Waals surface area contributed by atoms with Gasteiger partial charge in [0.05, 0.1) is 0 Å². The second-order valence-corrected chi connectivity index (χ2v) is 5.16. The molecule has 0 saturated heterocycles. The van der Waals surface area contributed by atoms with Gasteiger partial charge < -0.3 is 0 Å². The average molecular weight is 187 g/mol. The van der Waals surface area contributed by atoms with E-state index < -0.39 is 0 Å². The number of halogens is 1. The minimum Gasteiger partial charge on any atom is -0.0887 e. The smallest absolute Gasteiger partial charge is 0.0179 e. The molecule has 3 rings (SSSR count). The molecule has 0 aromatic heterocycles. The van der Waals surface area contributed by atoms with Crippen LogP contribution in [0.15, 0.2) is 0 Å². The lowest BCUT2D eigenvalue weighted by molar-refractivity contribution is -0.0383. The number of rotatable bonds is 0. The summed E-state index contributed by atoms with van der Waals surface area (Å²) >= 11 is 3.76. The Kier molecular flexibility index (Phi) is 0.798. The van der Waals surface area contributed by atoms with Crippen LogP contribution < -0.4 is 0 Å². The molecule has 3 fully saturated rings. The van der Waals surface area contributed by atoms with Gasteiger partial charge in [-0.3, -0.25) is 0 Å². The Hall–Kier alpha value is 0.480. The lowest BCUT2D eigenvalue weighted by Gasteiger charge is -2.53. The van der Waals surface area contributed by atoms with Gasteiger partial charge in [0.15, 0.2) is 0 Å². The van der Waals surface area contributed by atoms with E-state index in [1.54, 1.807) is 12.8 Å². The maximum atomic E-state index is 3.76. The zero-order valence-electron chi connectivity index (χ0n) is 5.39. The van der Waals surface area contributed by atoms with Gasteiger partial charge in [-0.05, 0) is 42.9 Å². The molecular weight excluding hydrogens is 176 g/mol. The van der Waals surface area contributed by atoms with Gasteiger partial charge in [0.25, 0.3) is 0 Å². The van der Waals surface area contributed by atoms with Crippen molar-refractivity contribution in [2.45, 2.75) is 24.1 Å². The summed E-state index contributed by atoms with van der Waals surface area (Å²) in [4.78, 5) is 0.909. The molecule has 3 aliphatic rings. The molecule has 0 aliphatic heterocycles. The third-order valence-corrected chi connectivity index (χ3v) is 4.81. The normalized spacial score (nSPS) is 68.3. The van der Waals surface area contributed by atoms with Gasteiger partial charge in [0.2, 0.25) is 0 Å². The molecule has 1 heteroatoms. The van der Waals surface area contributed by atoms with Crippen molar-refractivity contribution in [3.63, 3.8) is 0 Å². The summed E-state index contributed by atoms with van der Waals surface area (Å²) in [7, 11) is 0. The van der Waals surface area contributed by atoms with Crippen LogP contribution in [-0.4, -0.2) is 4.83 Å². The highest BCUT2D eigenvalue weighted by Crippen LogP contribution is 2.67. The van der Waals surface area contributed by atoms with E-state index in [-0.39, 0.29) is 0 Å². The molecule has 0 radical (unpaired) electrons. The predicted octanol–water partition coefficient (Wildman–Crippen LogP) is 2.43. The molecule has 0 aromatic carbocycles. The first-order valence-corrected chi connectivity index (χ1v) is 4.92. The summed E-state index contributed by atoms with van der Waals surface area (Å²) in [6, 6.07) is 0. The maximum Gasteiger partial charge on any atom is 0.0179 e. The SMILES string of the molecule is BrC1CC2CC3CC1C23. The molecule has 0 spiro atoms. The summed E-state index contributed by atoms with van der Waals surface area (Å²) in [5, 5.41) is 0. The third kappa shape index (κ3) is 0.439. The number of hydrogen-bond donors (Lipinski definition) is 0. The lowest BCUT2D eigenvalue weighted by Crippen LogP contribution is -2.47. The Morgan fingerprint density at radius 1 is 1.00 bits per heavy atom. The topological polar surface area (TPSA) is 0 Å². The third-order valence-electron chi connectivity index (χ3n) is 3.76. The highest BCUT2D eigenvalue weighted by molar-refractivity contribution is 9.09. The summed E-state index contributed by atoms with van der Waals surface area (Å²) in [5.41, 5.74) is 0. The summed E-state index contributed by atoms with van der Waals surface area (Å²) in [6.07, 6.45) is 4.62. The number of hydrogen-bond acceptors (Lipinski definition) is 0. The summed E-state index contributed by atoms with van der Waals surface area (Å²) < 4.78 is 0. The molecule has 0 N–H and O–H groups in total. The predicted molar refractivity (Wildman–Crippen MR) is 40.5 cm³/mol. The highest BCUT2D eigenvalue weighted by atomic mass is 79.9. The Morgan fingerprint density at radius 2 is 1.78 bits per heavy atom. The van der Waals surface area contributed by atoms with Crippen molar-refractivity contribution < 1.29 is 0 Å². The molecular formula is C8H11Br. The Morgan fingerprint density at radius 3 is 2.33 bits per heavy atom. The van der Waals surface area contributed by atoms with E-state index in [1.807, 2.05) is 0 Å². The lowest BCUT2D eigenvalue weighted by atomic mass is 9.52. The van der Waals surface area contributed by atoms with Gasteiger partial charge >= 0.3 is 0 Å². The highest BCUT2D eigenvalue weighted by Gasteiger charge is 2.60. The Balaban J connectivity index is 1.93. The van der Waals surface area contributed by atoms with E-state index in [0.29, 0.717) is 0 Å². The van der Waals surface area contributed by atoms with Crippen LogP contribution in [-0.2, 0) is 0 Å². The van der Waals surface area contributed by atoms with Crippen molar-refractivity contribution in [3.8, 4) is 0 Å². The van der Waals surface area contributed by atoms with Crippen LogP contribution >= 0.6 is 15.9 Å². The molecule has 0 aromatic rings. The van der Waals surface area contributed by atoms with Gasteiger partial charge in [-0.25, -0.2) is 0 Å². The van der Waals surface area contributed by atoms with E-state index in [2.05, 4.69) is 15.9 Å². The van der Waals surface area contributed by atoms with Gasteiger partial charge in [0.1, 0.15) is 0 Å². The molecule has 0 heterocycles. The van der Waals surface area contributed by atoms with Crippen LogP contribution in [0.25, 0.3) is 0 Å². The monoisotopic (exact) mass is 186 g/mol. The molecule has 3 saturated carbocycles. The van der Waals surface area contributed by atoms with Crippen molar-refractivity contribution in [1.29, 1.82) is 0 Å². The zero-order chi connectivity index (χ0) is 6.01. The van der Waals surface area contributed by atoms with Crippen molar-refractivity contribution in [2.75, 3.05) is 0 Å². The van der Waals surface area contributed by atoms with Crippen molar-refractivity contribution in [2.24, 2.45) is 23.7 Å². The van der Waals surface area contributed by atoms with Crippen molar-refractivity contribution in [1.82, 2.24) is 0 Å². The molecule has 0 bridgehead atoms. The molecule has 3 aliphatic carbocycles. The fourth-order valence-electron chi connectivity index (χ4n) is 3.26. The van der Waals surface area contributed by atoms with E-state index in [9.17, 15) is 0 Å². The molecule has 0 nitrogen and oxygen atoms in total. The fraction of sp³-hybridized carbons (Fsp3) is 1.00. The van der Waals surface area contributed by atoms with E-state index in [0.717, 1.165) is 16.7 Å². The van der Waals surface area contributed by atoms with E-state index >= 15 is 0 Å². The van der Waals surface area contributed by atoms with Gasteiger partial charge in [-0.2, -0.15) is 0 Å². The molecule has 9 heavy (non-hydrogen) atoms. The van der Waals surface area contributed by atoms with Crippen molar-refractivity contribution >= 4 is 15.9 Å². The second kappa shape index (κ2) is 1.39. The summed E-state index contributed by atoms with van der Waals surface area (Å²) in [6.45, 7) is 0. The van der Waals surface area contributed by atoms with Crippen LogP contribution in [0.1, 0.15) is 19.3 Å². The Labute approximate surface area is 64.1 Å². The van der Waals surface area contributed by atoms with Crippen LogP contribution in [0.4, 0.5) is 0 Å². The molecule has 0 amide bonds. The van der Waals surface area contributed by atoms with Gasteiger partial charge in [-0.15, -0.1) is 0 Å². The van der Waals surface area contributed by atoms with Gasteiger partial charge in [-0.1, -0.05) is 15.9 Å². The average Bonchev–Trinajstić information content (AvgIpc) is 2.01. The first-order chi connectivity index (χ1) is 4.36. The largest absolute Gasteiger partial charge is 0.0887 e. The fourth-order valence-corrected chi connectivity index (χ4v) is 4.31. The van der Waals surface area contributed by atoms with E-state index in [1.165, 1.54) is 18.3 Å². The Bertz CT molecular complexity index is 151. The standard InChI is InChI=1S/C8H11Br/c9-7-3-5-1-4-2-6(7)8(4)5/h4-8H,1-3H2. The first-order valence-electron chi connectivity index (χ1n) is 4.00. The summed E-state index contributed by atoms with van der Waals surface area (Å²) in [5.74, 6) is 4.63. The van der Waals surface area contributed by atoms with Crippen LogP contribution in [0.5, 0.6) is 0 Å². The van der Waals surface area contributed by atoms with Gasteiger partial charge in [0, 0.05) is 4.83 Å².